The van der Waals surface area contributed by atoms with Crippen molar-refractivity contribution in [3.63, 3.8) is 0 Å². The van der Waals surface area contributed by atoms with Crippen LogP contribution in [-0.2, 0) is 6.54 Å². The molecule has 1 aromatic heterocycles. The average molecular weight is 405 g/mol. The van der Waals surface area contributed by atoms with Crippen LogP contribution in [0.3, 0.4) is 0 Å². The minimum Gasteiger partial charge on any atom is -0.491 e. The number of ether oxygens (including phenoxy) is 1. The molecule has 4 rings (SSSR count). The summed E-state index contributed by atoms with van der Waals surface area (Å²) in [6.45, 7) is 3.40. The number of aliphatic hydroxyl groups excluding tert-OH is 1. The van der Waals surface area contributed by atoms with Crippen LogP contribution >= 0.6 is 0 Å². The SMILES string of the molecule is Cc1ccc(CNC[C@@H](O)COc2ccc(-c3occ4cc(F)ccc34)cc2)cc1. The molecule has 1 heterocycles. The minimum absolute atomic E-state index is 0.198. The predicted molar refractivity (Wildman–Crippen MR) is 116 cm³/mol. The zero-order chi connectivity index (χ0) is 20.9. The van der Waals surface area contributed by atoms with Gasteiger partial charge in [0.05, 0.1) is 6.26 Å². The summed E-state index contributed by atoms with van der Waals surface area (Å²) in [7, 11) is 0. The molecule has 0 aliphatic heterocycles. The van der Waals surface area contributed by atoms with Crippen molar-refractivity contribution in [3.05, 3.63) is 89.9 Å². The Bertz CT molecular complexity index is 1100. The van der Waals surface area contributed by atoms with Crippen molar-refractivity contribution in [2.24, 2.45) is 0 Å². The molecule has 0 amide bonds. The second-order valence-corrected chi connectivity index (χ2v) is 7.40. The van der Waals surface area contributed by atoms with Crippen LogP contribution in [0.5, 0.6) is 5.75 Å². The van der Waals surface area contributed by atoms with Gasteiger partial charge in [0.1, 0.15) is 30.0 Å². The van der Waals surface area contributed by atoms with Gasteiger partial charge >= 0.3 is 0 Å². The molecule has 0 fully saturated rings. The van der Waals surface area contributed by atoms with Crippen LogP contribution in [0.2, 0.25) is 0 Å². The zero-order valence-electron chi connectivity index (χ0n) is 16.8. The molecule has 0 aliphatic rings. The van der Waals surface area contributed by atoms with Gasteiger partial charge in [-0.2, -0.15) is 0 Å². The van der Waals surface area contributed by atoms with Crippen molar-refractivity contribution in [2.75, 3.05) is 13.2 Å². The zero-order valence-corrected chi connectivity index (χ0v) is 16.8. The van der Waals surface area contributed by atoms with Gasteiger partial charge in [-0.25, -0.2) is 4.39 Å². The van der Waals surface area contributed by atoms with E-state index < -0.39 is 6.10 Å². The molecule has 0 radical (unpaired) electrons. The molecular formula is C25H24FNO3. The fourth-order valence-corrected chi connectivity index (χ4v) is 3.29. The van der Waals surface area contributed by atoms with Crippen molar-refractivity contribution < 1.29 is 18.7 Å². The average Bonchev–Trinajstić information content (AvgIpc) is 3.17. The Kier molecular flexibility index (Phi) is 6.12. The molecular weight excluding hydrogens is 381 g/mol. The molecule has 0 spiro atoms. The maximum atomic E-state index is 13.3. The van der Waals surface area contributed by atoms with Crippen LogP contribution in [0.15, 0.2) is 77.4 Å². The van der Waals surface area contributed by atoms with Crippen LogP contribution < -0.4 is 10.1 Å². The number of aliphatic hydroxyl groups is 1. The van der Waals surface area contributed by atoms with E-state index in [1.165, 1.54) is 23.3 Å². The largest absolute Gasteiger partial charge is 0.491 e. The highest BCUT2D eigenvalue weighted by Gasteiger charge is 2.10. The van der Waals surface area contributed by atoms with Gasteiger partial charge in [-0.1, -0.05) is 29.8 Å². The molecule has 5 heteroatoms. The van der Waals surface area contributed by atoms with Gasteiger partial charge < -0.3 is 19.6 Å². The second kappa shape index (κ2) is 9.11. The van der Waals surface area contributed by atoms with Crippen LogP contribution in [0.25, 0.3) is 22.1 Å². The molecule has 30 heavy (non-hydrogen) atoms. The van der Waals surface area contributed by atoms with E-state index >= 15 is 0 Å². The molecule has 0 bridgehead atoms. The number of nitrogens with one attached hydrogen (secondary N) is 1. The molecule has 0 saturated heterocycles. The lowest BCUT2D eigenvalue weighted by Gasteiger charge is -2.13. The number of fused-ring (bicyclic) bond motifs is 1. The molecule has 2 N–H and O–H groups in total. The first-order valence-electron chi connectivity index (χ1n) is 9.93. The fourth-order valence-electron chi connectivity index (χ4n) is 3.29. The highest BCUT2D eigenvalue weighted by molar-refractivity contribution is 5.94. The Balaban J connectivity index is 1.28. The van der Waals surface area contributed by atoms with Crippen molar-refractivity contribution >= 4 is 10.8 Å². The third-order valence-electron chi connectivity index (χ3n) is 4.95. The molecule has 0 aliphatic carbocycles. The second-order valence-electron chi connectivity index (χ2n) is 7.40. The van der Waals surface area contributed by atoms with E-state index in [1.807, 2.05) is 24.3 Å². The summed E-state index contributed by atoms with van der Waals surface area (Å²) in [5.74, 6) is 1.07. The first-order valence-corrected chi connectivity index (χ1v) is 9.93. The first kappa shape index (κ1) is 20.1. The van der Waals surface area contributed by atoms with E-state index in [9.17, 15) is 9.50 Å². The fraction of sp³-hybridized carbons (Fsp3) is 0.200. The molecule has 0 saturated carbocycles. The van der Waals surface area contributed by atoms with Crippen molar-refractivity contribution in [2.45, 2.75) is 19.6 Å². The Morgan fingerprint density at radius 3 is 2.57 bits per heavy atom. The Hall–Kier alpha value is -3.15. The highest BCUT2D eigenvalue weighted by Crippen LogP contribution is 2.31. The van der Waals surface area contributed by atoms with Gasteiger partial charge in [-0.05, 0) is 55.0 Å². The quantitative estimate of drug-likeness (QED) is 0.429. The first-order chi connectivity index (χ1) is 14.6. The summed E-state index contributed by atoms with van der Waals surface area (Å²) in [6, 6.07) is 20.3. The van der Waals surface area contributed by atoms with E-state index in [4.69, 9.17) is 9.15 Å². The lowest BCUT2D eigenvalue weighted by molar-refractivity contribution is 0.106. The number of furan rings is 1. The minimum atomic E-state index is -0.612. The van der Waals surface area contributed by atoms with Crippen LogP contribution in [0.4, 0.5) is 4.39 Å². The third kappa shape index (κ3) is 4.87. The van der Waals surface area contributed by atoms with E-state index in [1.54, 1.807) is 12.3 Å². The molecule has 154 valence electrons. The molecule has 3 aromatic carbocycles. The highest BCUT2D eigenvalue weighted by atomic mass is 19.1. The summed E-state index contributed by atoms with van der Waals surface area (Å²) in [4.78, 5) is 0. The van der Waals surface area contributed by atoms with Crippen LogP contribution in [0.1, 0.15) is 11.1 Å². The van der Waals surface area contributed by atoms with Crippen molar-refractivity contribution in [1.29, 1.82) is 0 Å². The predicted octanol–water partition coefficient (Wildman–Crippen LogP) is 5.08. The Labute approximate surface area is 174 Å². The third-order valence-corrected chi connectivity index (χ3v) is 4.95. The number of aryl methyl sites for hydroxylation is 1. The lowest BCUT2D eigenvalue weighted by atomic mass is 10.1. The van der Waals surface area contributed by atoms with Gasteiger partial charge in [-0.3, -0.25) is 0 Å². The summed E-state index contributed by atoms with van der Waals surface area (Å²) < 4.78 is 24.7. The van der Waals surface area contributed by atoms with E-state index in [0.29, 0.717) is 24.6 Å². The Morgan fingerprint density at radius 2 is 1.80 bits per heavy atom. The topological polar surface area (TPSA) is 54.6 Å². The molecule has 0 unspecified atom stereocenters. The van der Waals surface area contributed by atoms with Crippen molar-refractivity contribution in [1.82, 2.24) is 5.32 Å². The van der Waals surface area contributed by atoms with Gasteiger partial charge in [0.25, 0.3) is 0 Å². The normalized spacial score (nSPS) is 12.2. The van der Waals surface area contributed by atoms with Crippen LogP contribution in [-0.4, -0.2) is 24.4 Å². The number of halogens is 1. The van der Waals surface area contributed by atoms with Crippen molar-refractivity contribution in [3.8, 4) is 17.1 Å². The van der Waals surface area contributed by atoms with Gasteiger partial charge in [0.15, 0.2) is 0 Å². The number of hydrogen-bond donors (Lipinski definition) is 2. The lowest BCUT2D eigenvalue weighted by Crippen LogP contribution is -2.31. The summed E-state index contributed by atoms with van der Waals surface area (Å²) in [5, 5.41) is 15.0. The smallest absolute Gasteiger partial charge is 0.141 e. The van der Waals surface area contributed by atoms with Gasteiger partial charge in [0.2, 0.25) is 0 Å². The summed E-state index contributed by atoms with van der Waals surface area (Å²) in [5.41, 5.74) is 3.29. The number of benzene rings is 3. The molecule has 4 nitrogen and oxygen atoms in total. The van der Waals surface area contributed by atoms with Gasteiger partial charge in [-0.15, -0.1) is 0 Å². The van der Waals surface area contributed by atoms with Gasteiger partial charge in [0, 0.05) is 29.4 Å². The maximum absolute atomic E-state index is 13.3. The monoisotopic (exact) mass is 405 g/mol. The summed E-state index contributed by atoms with van der Waals surface area (Å²) >= 11 is 0. The number of rotatable bonds is 8. The van der Waals surface area contributed by atoms with E-state index in [-0.39, 0.29) is 12.4 Å². The maximum Gasteiger partial charge on any atom is 0.141 e. The standard InChI is InChI=1S/C25H24FNO3/c1-17-2-4-18(5-3-17)13-27-14-22(28)16-29-23-9-6-19(7-10-23)25-24-11-8-21(26)12-20(24)15-30-25/h2-12,15,22,27-28H,13-14,16H2,1H3/t22-/m1/s1. The van der Waals surface area contributed by atoms with Crippen LogP contribution in [0, 0.1) is 12.7 Å². The van der Waals surface area contributed by atoms with E-state index in [0.717, 1.165) is 16.3 Å². The Morgan fingerprint density at radius 1 is 1.03 bits per heavy atom. The molecule has 4 aromatic rings. The summed E-state index contributed by atoms with van der Waals surface area (Å²) in [6.07, 6.45) is 0.942. The molecule has 1 atom stereocenters. The van der Waals surface area contributed by atoms with E-state index in [2.05, 4.69) is 36.5 Å². The number of hydrogen-bond acceptors (Lipinski definition) is 4.